The highest BCUT2D eigenvalue weighted by Gasteiger charge is 2.24. The Bertz CT molecular complexity index is 879. The van der Waals surface area contributed by atoms with Crippen molar-refractivity contribution >= 4 is 17.8 Å². The maximum Gasteiger partial charge on any atom is 0.320 e. The van der Waals surface area contributed by atoms with E-state index in [-0.39, 0.29) is 5.91 Å². The van der Waals surface area contributed by atoms with Crippen LogP contribution in [0.4, 0.5) is 10.6 Å². The molecule has 0 aromatic carbocycles. The number of amides is 3. The molecule has 0 unspecified atom stereocenters. The Morgan fingerprint density at radius 3 is 2.63 bits per heavy atom. The van der Waals surface area contributed by atoms with Crippen molar-refractivity contribution in [2.75, 3.05) is 37.7 Å². The monoisotopic (exact) mass is 367 g/mol. The Kier molecular flexibility index (Phi) is 4.72. The quantitative estimate of drug-likeness (QED) is 0.872. The number of morpholine rings is 1. The molecule has 2 aromatic heterocycles. The average molecular weight is 367 g/mol. The highest BCUT2D eigenvalue weighted by molar-refractivity contribution is 5.92. The van der Waals surface area contributed by atoms with Crippen molar-refractivity contribution in [2.45, 2.75) is 12.8 Å². The van der Waals surface area contributed by atoms with E-state index in [9.17, 15) is 9.59 Å². The highest BCUT2D eigenvalue weighted by atomic mass is 16.5. The second-order valence-electron chi connectivity index (χ2n) is 6.70. The molecule has 0 bridgehead atoms. The summed E-state index contributed by atoms with van der Waals surface area (Å²) in [7, 11) is 0. The first-order valence-corrected chi connectivity index (χ1v) is 8.97. The molecule has 2 aliphatic heterocycles. The average Bonchev–Trinajstić information content (AvgIpc) is 3.12. The number of aromatic nitrogens is 2. The number of fused-ring (bicyclic) bond motifs is 1. The Morgan fingerprint density at radius 2 is 1.85 bits per heavy atom. The lowest BCUT2D eigenvalue weighted by Gasteiger charge is -2.26. The van der Waals surface area contributed by atoms with Crippen molar-refractivity contribution in [1.29, 1.82) is 0 Å². The van der Waals surface area contributed by atoms with Gasteiger partial charge in [0.05, 0.1) is 19.6 Å². The smallest absolute Gasteiger partial charge is 0.320 e. The molecule has 0 aliphatic carbocycles. The minimum atomic E-state index is -0.487. The van der Waals surface area contributed by atoms with Crippen LogP contribution in [-0.4, -0.2) is 59.7 Å². The van der Waals surface area contributed by atoms with E-state index in [1.165, 1.54) is 4.90 Å². The van der Waals surface area contributed by atoms with Crippen LogP contribution in [0.5, 0.6) is 0 Å². The third-order valence-corrected chi connectivity index (χ3v) is 4.92. The van der Waals surface area contributed by atoms with Crippen LogP contribution < -0.4 is 10.6 Å². The topological polar surface area (TPSA) is 102 Å². The highest BCUT2D eigenvalue weighted by Crippen LogP contribution is 2.29. The molecule has 0 atom stereocenters. The lowest BCUT2D eigenvalue weighted by atomic mass is 10.0. The summed E-state index contributed by atoms with van der Waals surface area (Å²) in [5, 5.41) is 0. The fraction of sp³-hybridized carbons (Fsp3) is 0.368. The van der Waals surface area contributed by atoms with Gasteiger partial charge in [0.15, 0.2) is 0 Å². The number of hydrogen-bond acceptors (Lipinski definition) is 5. The zero-order chi connectivity index (χ0) is 18.8. The summed E-state index contributed by atoms with van der Waals surface area (Å²) in [6.07, 6.45) is 6.23. The SMILES string of the molecule is NC(=O)N1CCc2cc(-c3cncc(CC(=O)N4CCOCC4)c3)cnc21. The second-order valence-corrected chi connectivity index (χ2v) is 6.70. The standard InChI is InChI=1S/C19H21N5O3/c20-19(26)24-2-1-14-9-16(12-22-18(14)24)15-7-13(10-21-11-15)8-17(25)23-3-5-27-6-4-23/h7,9-12H,1-6,8H2,(H2,20,26). The first-order chi connectivity index (χ1) is 13.1. The molecule has 140 valence electrons. The summed E-state index contributed by atoms with van der Waals surface area (Å²) < 4.78 is 5.29. The van der Waals surface area contributed by atoms with Crippen molar-refractivity contribution in [1.82, 2.24) is 14.9 Å². The van der Waals surface area contributed by atoms with E-state index >= 15 is 0 Å². The van der Waals surface area contributed by atoms with Crippen LogP contribution in [0.25, 0.3) is 11.1 Å². The molecule has 8 heteroatoms. The normalized spacial score (nSPS) is 16.3. The van der Waals surface area contributed by atoms with E-state index in [1.54, 1.807) is 18.6 Å². The third kappa shape index (κ3) is 3.61. The van der Waals surface area contributed by atoms with Gasteiger partial charge in [-0.3, -0.25) is 14.7 Å². The summed E-state index contributed by atoms with van der Waals surface area (Å²) in [6, 6.07) is 3.49. The molecular formula is C19H21N5O3. The van der Waals surface area contributed by atoms with Gasteiger partial charge in [-0.05, 0) is 29.7 Å². The Morgan fingerprint density at radius 1 is 1.07 bits per heavy atom. The van der Waals surface area contributed by atoms with E-state index in [1.807, 2.05) is 17.0 Å². The molecule has 4 heterocycles. The number of carbonyl (C=O) groups excluding carboxylic acids is 2. The number of pyridine rings is 2. The summed E-state index contributed by atoms with van der Waals surface area (Å²) in [5.74, 6) is 0.708. The van der Waals surface area contributed by atoms with Crippen LogP contribution in [0.2, 0.25) is 0 Å². The largest absolute Gasteiger partial charge is 0.378 e. The number of ether oxygens (including phenoxy) is 1. The van der Waals surface area contributed by atoms with Crippen LogP contribution in [0.3, 0.4) is 0 Å². The number of nitrogens with two attached hydrogens (primary N) is 1. The van der Waals surface area contributed by atoms with Crippen LogP contribution in [0.1, 0.15) is 11.1 Å². The van der Waals surface area contributed by atoms with Gasteiger partial charge in [-0.1, -0.05) is 0 Å². The van der Waals surface area contributed by atoms with E-state index < -0.39 is 6.03 Å². The Balaban J connectivity index is 1.53. The first kappa shape index (κ1) is 17.4. The van der Waals surface area contributed by atoms with Gasteiger partial charge in [0, 0.05) is 49.4 Å². The van der Waals surface area contributed by atoms with Crippen LogP contribution in [0, 0.1) is 0 Å². The van der Waals surface area contributed by atoms with Crippen molar-refractivity contribution in [3.8, 4) is 11.1 Å². The van der Waals surface area contributed by atoms with E-state index in [0.717, 1.165) is 28.7 Å². The fourth-order valence-electron chi connectivity index (χ4n) is 3.48. The van der Waals surface area contributed by atoms with Gasteiger partial charge in [0.2, 0.25) is 5.91 Å². The molecule has 1 fully saturated rings. The molecule has 1 saturated heterocycles. The molecule has 27 heavy (non-hydrogen) atoms. The number of hydrogen-bond donors (Lipinski definition) is 1. The van der Waals surface area contributed by atoms with Crippen LogP contribution >= 0.6 is 0 Å². The van der Waals surface area contributed by atoms with E-state index in [0.29, 0.717) is 45.1 Å². The summed E-state index contributed by atoms with van der Waals surface area (Å²) in [5.41, 5.74) is 9.04. The maximum atomic E-state index is 12.4. The molecule has 0 spiro atoms. The number of anilines is 1. The minimum absolute atomic E-state index is 0.0847. The van der Waals surface area contributed by atoms with Crippen molar-refractivity contribution in [3.05, 3.63) is 41.9 Å². The number of urea groups is 1. The lowest BCUT2D eigenvalue weighted by Crippen LogP contribution is -2.41. The number of nitrogens with zero attached hydrogens (tertiary/aromatic N) is 4. The Hall–Kier alpha value is -3.00. The fourth-order valence-corrected chi connectivity index (χ4v) is 3.48. The summed E-state index contributed by atoms with van der Waals surface area (Å²) >= 11 is 0. The Labute approximate surface area is 156 Å². The molecule has 0 radical (unpaired) electrons. The van der Waals surface area contributed by atoms with Gasteiger partial charge in [-0.2, -0.15) is 0 Å². The zero-order valence-electron chi connectivity index (χ0n) is 14.9. The maximum absolute atomic E-state index is 12.4. The van der Waals surface area contributed by atoms with Gasteiger partial charge in [-0.25, -0.2) is 9.78 Å². The molecule has 8 nitrogen and oxygen atoms in total. The summed E-state index contributed by atoms with van der Waals surface area (Å²) in [6.45, 7) is 3.00. The van der Waals surface area contributed by atoms with Crippen LogP contribution in [0.15, 0.2) is 30.7 Å². The van der Waals surface area contributed by atoms with Crippen molar-refractivity contribution in [3.63, 3.8) is 0 Å². The molecular weight excluding hydrogens is 346 g/mol. The molecule has 2 N–H and O–H groups in total. The summed E-state index contributed by atoms with van der Waals surface area (Å²) in [4.78, 5) is 35.9. The number of rotatable bonds is 3. The van der Waals surface area contributed by atoms with E-state index in [2.05, 4.69) is 9.97 Å². The number of primary amides is 1. The van der Waals surface area contributed by atoms with Crippen LogP contribution in [-0.2, 0) is 22.4 Å². The molecule has 3 amide bonds. The number of carbonyl (C=O) groups is 2. The molecule has 4 rings (SSSR count). The second kappa shape index (κ2) is 7.32. The molecule has 2 aromatic rings. The minimum Gasteiger partial charge on any atom is -0.378 e. The predicted octanol–water partition coefficient (Wildman–Crippen LogP) is 0.986. The van der Waals surface area contributed by atoms with Crippen molar-refractivity contribution < 1.29 is 14.3 Å². The van der Waals surface area contributed by atoms with E-state index in [4.69, 9.17) is 10.5 Å². The van der Waals surface area contributed by atoms with Gasteiger partial charge in [0.1, 0.15) is 5.82 Å². The predicted molar refractivity (Wildman–Crippen MR) is 99.2 cm³/mol. The van der Waals surface area contributed by atoms with Gasteiger partial charge in [-0.15, -0.1) is 0 Å². The first-order valence-electron chi connectivity index (χ1n) is 8.97. The lowest BCUT2D eigenvalue weighted by molar-refractivity contribution is -0.134. The van der Waals surface area contributed by atoms with Gasteiger partial charge in [0.25, 0.3) is 0 Å². The zero-order valence-corrected chi connectivity index (χ0v) is 14.9. The third-order valence-electron chi connectivity index (χ3n) is 4.92. The van der Waals surface area contributed by atoms with Gasteiger partial charge < -0.3 is 15.4 Å². The molecule has 0 saturated carbocycles. The van der Waals surface area contributed by atoms with Gasteiger partial charge >= 0.3 is 6.03 Å². The molecule has 2 aliphatic rings. The van der Waals surface area contributed by atoms with Crippen molar-refractivity contribution in [2.24, 2.45) is 5.73 Å².